The van der Waals surface area contributed by atoms with Gasteiger partial charge in [0, 0.05) is 29.0 Å². The van der Waals surface area contributed by atoms with E-state index in [1.54, 1.807) is 0 Å². The van der Waals surface area contributed by atoms with Crippen LogP contribution in [0.2, 0.25) is 0 Å². The Labute approximate surface area is 154 Å². The maximum atomic E-state index is 12.8. The first-order valence-electron chi connectivity index (χ1n) is 9.12. The van der Waals surface area contributed by atoms with E-state index >= 15 is 0 Å². The number of hydrogen-bond donors (Lipinski definition) is 1. The molecule has 1 aliphatic carbocycles. The summed E-state index contributed by atoms with van der Waals surface area (Å²) in [5.41, 5.74) is 3.65. The lowest BCUT2D eigenvalue weighted by molar-refractivity contribution is -0.136. The molecule has 26 heavy (non-hydrogen) atoms. The van der Waals surface area contributed by atoms with Crippen molar-refractivity contribution in [3.63, 3.8) is 0 Å². The van der Waals surface area contributed by atoms with E-state index in [-0.39, 0.29) is 5.78 Å². The van der Waals surface area contributed by atoms with Crippen LogP contribution in [0.1, 0.15) is 51.0 Å². The molecule has 1 aliphatic heterocycles. The molecular formula is C21H25NO4. The third kappa shape index (κ3) is 3.26. The van der Waals surface area contributed by atoms with Crippen LogP contribution in [0.25, 0.3) is 0 Å². The van der Waals surface area contributed by atoms with E-state index in [0.717, 1.165) is 36.2 Å². The van der Waals surface area contributed by atoms with E-state index in [1.165, 1.54) is 7.11 Å². The molecule has 1 atom stereocenters. The summed E-state index contributed by atoms with van der Waals surface area (Å²) >= 11 is 0. The number of methoxy groups -OCH3 is 1. The van der Waals surface area contributed by atoms with Crippen molar-refractivity contribution in [1.82, 2.24) is 5.32 Å². The maximum absolute atomic E-state index is 12.8. The number of carbonyl (C=O) groups is 2. The third-order valence-corrected chi connectivity index (χ3v) is 4.87. The van der Waals surface area contributed by atoms with Crippen molar-refractivity contribution in [2.24, 2.45) is 0 Å². The first kappa shape index (κ1) is 18.2. The Morgan fingerprint density at radius 1 is 1.27 bits per heavy atom. The minimum absolute atomic E-state index is 0.0861. The molecule has 1 unspecified atom stereocenters. The Morgan fingerprint density at radius 2 is 2.04 bits per heavy atom. The van der Waals surface area contributed by atoms with Crippen molar-refractivity contribution < 1.29 is 19.1 Å². The van der Waals surface area contributed by atoms with Gasteiger partial charge in [0.15, 0.2) is 5.78 Å². The van der Waals surface area contributed by atoms with Gasteiger partial charge in [-0.3, -0.25) is 4.79 Å². The fraction of sp³-hybridized carbons (Fsp3) is 0.429. The van der Waals surface area contributed by atoms with Gasteiger partial charge >= 0.3 is 5.97 Å². The summed E-state index contributed by atoms with van der Waals surface area (Å²) < 4.78 is 11.0. The van der Waals surface area contributed by atoms with Crippen LogP contribution in [0.3, 0.4) is 0 Å². The van der Waals surface area contributed by atoms with Crippen molar-refractivity contribution in [1.29, 1.82) is 0 Å². The fourth-order valence-corrected chi connectivity index (χ4v) is 3.74. The zero-order valence-corrected chi connectivity index (χ0v) is 15.6. The fourth-order valence-electron chi connectivity index (χ4n) is 3.74. The summed E-state index contributed by atoms with van der Waals surface area (Å²) in [6.45, 7) is 4.48. The molecule has 1 heterocycles. The van der Waals surface area contributed by atoms with Gasteiger partial charge in [-0.1, -0.05) is 25.1 Å². The molecule has 1 N–H and O–H groups in total. The molecule has 1 aromatic rings. The SMILES string of the molecule is CCCOc1ccccc1C1C(C(=O)OC)=C(C)NC2=C1C(=O)CCC2. The molecule has 5 heteroatoms. The van der Waals surface area contributed by atoms with Gasteiger partial charge in [-0.25, -0.2) is 4.79 Å². The molecule has 0 aromatic heterocycles. The Balaban J connectivity index is 2.18. The van der Waals surface area contributed by atoms with Gasteiger partial charge in [0.1, 0.15) is 5.75 Å². The summed E-state index contributed by atoms with van der Waals surface area (Å²) in [4.78, 5) is 25.4. The number of carbonyl (C=O) groups excluding carboxylic acids is 2. The summed E-state index contributed by atoms with van der Waals surface area (Å²) in [6, 6.07) is 7.64. The highest BCUT2D eigenvalue weighted by Gasteiger charge is 2.40. The van der Waals surface area contributed by atoms with E-state index < -0.39 is 11.9 Å². The monoisotopic (exact) mass is 355 g/mol. The molecule has 0 spiro atoms. The van der Waals surface area contributed by atoms with Gasteiger partial charge in [0.2, 0.25) is 0 Å². The van der Waals surface area contributed by atoms with Crippen LogP contribution in [0, 0.1) is 0 Å². The third-order valence-electron chi connectivity index (χ3n) is 4.87. The van der Waals surface area contributed by atoms with Crippen LogP contribution in [0.15, 0.2) is 46.8 Å². The predicted octanol–water partition coefficient (Wildman–Crippen LogP) is 3.62. The number of hydrogen-bond acceptors (Lipinski definition) is 5. The first-order chi connectivity index (χ1) is 12.6. The first-order valence-corrected chi connectivity index (χ1v) is 9.12. The van der Waals surface area contributed by atoms with Crippen LogP contribution >= 0.6 is 0 Å². The lowest BCUT2D eigenvalue weighted by Gasteiger charge is -2.34. The molecular weight excluding hydrogens is 330 g/mol. The minimum Gasteiger partial charge on any atom is -0.493 e. The second-order valence-electron chi connectivity index (χ2n) is 6.64. The largest absolute Gasteiger partial charge is 0.493 e. The zero-order chi connectivity index (χ0) is 18.7. The number of rotatable bonds is 5. The molecule has 0 fully saturated rings. The molecule has 138 valence electrons. The Kier molecular flexibility index (Phi) is 5.45. The molecule has 5 nitrogen and oxygen atoms in total. The predicted molar refractivity (Wildman–Crippen MR) is 98.7 cm³/mol. The Hall–Kier alpha value is -2.56. The number of dihydropyridines is 1. The summed E-state index contributed by atoms with van der Waals surface area (Å²) in [7, 11) is 1.37. The number of nitrogens with one attached hydrogen (secondary N) is 1. The zero-order valence-electron chi connectivity index (χ0n) is 15.6. The molecule has 2 aliphatic rings. The van der Waals surface area contributed by atoms with Gasteiger partial charge in [0.05, 0.1) is 25.2 Å². The maximum Gasteiger partial charge on any atom is 0.336 e. The average molecular weight is 355 g/mol. The van der Waals surface area contributed by atoms with Crippen LogP contribution in [-0.2, 0) is 14.3 Å². The molecule has 0 saturated heterocycles. The Morgan fingerprint density at radius 3 is 2.77 bits per heavy atom. The van der Waals surface area contributed by atoms with Crippen molar-refractivity contribution in [3.05, 3.63) is 52.4 Å². The second kappa shape index (κ2) is 7.77. The smallest absolute Gasteiger partial charge is 0.336 e. The second-order valence-corrected chi connectivity index (χ2v) is 6.64. The van der Waals surface area contributed by atoms with Crippen molar-refractivity contribution >= 4 is 11.8 Å². The molecule has 1 aromatic carbocycles. The summed E-state index contributed by atoms with van der Waals surface area (Å²) in [6.07, 6.45) is 3.02. The van der Waals surface area contributed by atoms with Gasteiger partial charge in [-0.2, -0.15) is 0 Å². The van der Waals surface area contributed by atoms with E-state index in [4.69, 9.17) is 9.47 Å². The van der Waals surface area contributed by atoms with Gasteiger partial charge in [-0.05, 0) is 32.3 Å². The molecule has 3 rings (SSSR count). The van der Waals surface area contributed by atoms with Gasteiger partial charge in [-0.15, -0.1) is 0 Å². The summed E-state index contributed by atoms with van der Waals surface area (Å²) in [5.74, 6) is -0.0848. The standard InChI is InChI=1S/C21H25NO4/c1-4-12-26-17-11-6-5-8-14(17)19-18(21(24)25-3)13(2)22-15-9-7-10-16(23)20(15)19/h5-6,8,11,19,22H,4,7,9-10,12H2,1-3H3. The number of ether oxygens (including phenoxy) is 2. The number of Topliss-reactive ketones (excluding diaryl/α,β-unsaturated/α-hetero) is 1. The number of benzene rings is 1. The lowest BCUT2D eigenvalue weighted by Crippen LogP contribution is -2.34. The van der Waals surface area contributed by atoms with Crippen LogP contribution < -0.4 is 10.1 Å². The van der Waals surface area contributed by atoms with Crippen molar-refractivity contribution in [2.75, 3.05) is 13.7 Å². The average Bonchev–Trinajstić information content (AvgIpc) is 2.65. The highest BCUT2D eigenvalue weighted by Crippen LogP contribution is 2.45. The lowest BCUT2D eigenvalue weighted by atomic mass is 9.75. The topological polar surface area (TPSA) is 64.6 Å². The molecule has 0 bridgehead atoms. The number of allylic oxidation sites excluding steroid dienone is 3. The van der Waals surface area contributed by atoms with E-state index in [0.29, 0.717) is 29.9 Å². The number of para-hydroxylation sites is 1. The molecule has 0 saturated carbocycles. The normalized spacial score (nSPS) is 19.8. The minimum atomic E-state index is -0.459. The van der Waals surface area contributed by atoms with Crippen molar-refractivity contribution in [3.8, 4) is 5.75 Å². The molecule has 0 radical (unpaired) electrons. The highest BCUT2D eigenvalue weighted by molar-refractivity contribution is 6.03. The summed E-state index contributed by atoms with van der Waals surface area (Å²) in [5, 5.41) is 3.27. The Bertz CT molecular complexity index is 791. The van der Waals surface area contributed by atoms with Gasteiger partial charge in [0.25, 0.3) is 0 Å². The number of ketones is 1. The van der Waals surface area contributed by atoms with Crippen LogP contribution in [-0.4, -0.2) is 25.5 Å². The van der Waals surface area contributed by atoms with Crippen molar-refractivity contribution in [2.45, 2.75) is 45.4 Å². The number of esters is 1. The van der Waals surface area contributed by atoms with E-state index in [9.17, 15) is 9.59 Å². The van der Waals surface area contributed by atoms with Crippen LogP contribution in [0.5, 0.6) is 5.75 Å². The van der Waals surface area contributed by atoms with Crippen LogP contribution in [0.4, 0.5) is 0 Å². The quantitative estimate of drug-likeness (QED) is 0.818. The highest BCUT2D eigenvalue weighted by atomic mass is 16.5. The van der Waals surface area contributed by atoms with E-state index in [2.05, 4.69) is 5.32 Å². The van der Waals surface area contributed by atoms with E-state index in [1.807, 2.05) is 38.1 Å². The van der Waals surface area contributed by atoms with Gasteiger partial charge < -0.3 is 14.8 Å². The molecule has 0 amide bonds.